The van der Waals surface area contributed by atoms with Gasteiger partial charge in [-0.15, -0.1) is 0 Å². The van der Waals surface area contributed by atoms with E-state index in [1.807, 2.05) is 19.1 Å². The van der Waals surface area contributed by atoms with Gasteiger partial charge in [-0.25, -0.2) is 9.78 Å². The second-order valence-electron chi connectivity index (χ2n) is 6.68. The van der Waals surface area contributed by atoms with Crippen LogP contribution in [-0.2, 0) is 6.54 Å². The highest BCUT2D eigenvalue weighted by atomic mass is 35.5. The van der Waals surface area contributed by atoms with Crippen LogP contribution in [0.25, 0.3) is 0 Å². The summed E-state index contributed by atoms with van der Waals surface area (Å²) < 4.78 is 10.7. The summed E-state index contributed by atoms with van der Waals surface area (Å²) in [6.07, 6.45) is 5.05. The minimum absolute atomic E-state index is 0.249. The molecule has 1 aromatic carbocycles. The molecule has 0 aliphatic carbocycles. The van der Waals surface area contributed by atoms with E-state index in [9.17, 15) is 4.79 Å². The first kappa shape index (κ1) is 20.7. The van der Waals surface area contributed by atoms with Crippen LogP contribution in [0.5, 0.6) is 11.5 Å². The third-order valence-corrected chi connectivity index (χ3v) is 5.26. The Kier molecular flexibility index (Phi) is 5.77. The molecule has 3 heterocycles. The van der Waals surface area contributed by atoms with Gasteiger partial charge in [0.05, 0.1) is 26.5 Å². The van der Waals surface area contributed by atoms with Crippen molar-refractivity contribution in [2.24, 2.45) is 0 Å². The molecule has 2 amide bonds. The highest BCUT2D eigenvalue weighted by molar-refractivity contribution is 6.35. The number of carbonyl (C=O) groups is 1. The lowest BCUT2D eigenvalue weighted by molar-refractivity contribution is 0.250. The zero-order valence-corrected chi connectivity index (χ0v) is 18.1. The molecule has 9 nitrogen and oxygen atoms in total. The van der Waals surface area contributed by atoms with Gasteiger partial charge in [-0.1, -0.05) is 11.6 Å². The fraction of sp³-hybridized carbons (Fsp3) is 0.238. The Hall–Kier alpha value is -3.59. The molecule has 0 bridgehead atoms. The molecule has 10 heteroatoms. The molecule has 0 saturated heterocycles. The highest BCUT2D eigenvalue weighted by Gasteiger charge is 2.34. The van der Waals surface area contributed by atoms with Gasteiger partial charge in [-0.2, -0.15) is 4.98 Å². The summed E-state index contributed by atoms with van der Waals surface area (Å²) in [4.78, 5) is 29.5. The number of amides is 2. The molecule has 4 rings (SSSR count). The lowest BCUT2D eigenvalue weighted by Crippen LogP contribution is -2.48. The Bertz CT molecular complexity index is 1110. The second kappa shape index (κ2) is 8.65. The van der Waals surface area contributed by atoms with Crippen LogP contribution in [0.4, 0.5) is 27.9 Å². The Morgan fingerprint density at radius 1 is 1.19 bits per heavy atom. The summed E-state index contributed by atoms with van der Waals surface area (Å²) in [6, 6.07) is 6.76. The van der Waals surface area contributed by atoms with E-state index in [1.54, 1.807) is 47.6 Å². The lowest BCUT2D eigenvalue weighted by atomic mass is 10.1. The van der Waals surface area contributed by atoms with Gasteiger partial charge in [0.15, 0.2) is 0 Å². The van der Waals surface area contributed by atoms with E-state index in [0.717, 1.165) is 11.3 Å². The molecule has 0 atom stereocenters. The van der Waals surface area contributed by atoms with Crippen LogP contribution in [0.2, 0.25) is 5.02 Å². The fourth-order valence-electron chi connectivity index (χ4n) is 3.34. The number of nitrogens with one attached hydrogen (secondary N) is 1. The summed E-state index contributed by atoms with van der Waals surface area (Å²) in [6.45, 7) is 2.57. The SMILES string of the molecule is CCN1C(=O)N(c2cc(OC)cc(OC)c2Cl)Cc2cnc(Nc3ccncc3)nc21. The number of ether oxygens (including phenoxy) is 2. The first-order chi connectivity index (χ1) is 15.0. The van der Waals surface area contributed by atoms with Crippen LogP contribution >= 0.6 is 11.6 Å². The molecule has 0 unspecified atom stereocenters. The standard InChI is InChI=1S/C21H21ClN6O3/c1-4-27-19-13(11-24-20(26-19)25-14-5-7-23-8-6-14)12-28(21(27)29)16-9-15(30-2)10-17(31-3)18(16)22/h5-11H,4,12H2,1-3H3,(H,23,24,25,26). The van der Waals surface area contributed by atoms with Crippen molar-refractivity contribution in [3.8, 4) is 11.5 Å². The monoisotopic (exact) mass is 440 g/mol. The maximum absolute atomic E-state index is 13.4. The Morgan fingerprint density at radius 3 is 2.65 bits per heavy atom. The number of urea groups is 1. The summed E-state index contributed by atoms with van der Waals surface area (Å²) in [5, 5.41) is 3.45. The van der Waals surface area contributed by atoms with Crippen LogP contribution in [0.15, 0.2) is 42.9 Å². The van der Waals surface area contributed by atoms with Crippen LogP contribution in [0.3, 0.4) is 0 Å². The van der Waals surface area contributed by atoms with E-state index in [0.29, 0.717) is 40.5 Å². The number of halogens is 1. The number of rotatable bonds is 6. The smallest absolute Gasteiger partial charge is 0.330 e. The van der Waals surface area contributed by atoms with Gasteiger partial charge in [-0.05, 0) is 19.1 Å². The Morgan fingerprint density at radius 2 is 1.97 bits per heavy atom. The molecule has 0 radical (unpaired) electrons. The van der Waals surface area contributed by atoms with Crippen molar-refractivity contribution in [1.29, 1.82) is 0 Å². The predicted molar refractivity (Wildman–Crippen MR) is 119 cm³/mol. The van der Waals surface area contributed by atoms with Crippen molar-refractivity contribution in [3.63, 3.8) is 0 Å². The first-order valence-electron chi connectivity index (χ1n) is 9.59. The molecule has 0 spiro atoms. The average Bonchev–Trinajstić information content (AvgIpc) is 2.80. The average molecular weight is 441 g/mol. The zero-order valence-electron chi connectivity index (χ0n) is 17.3. The Labute approximate surface area is 184 Å². The number of fused-ring (bicyclic) bond motifs is 1. The van der Waals surface area contributed by atoms with Crippen LogP contribution in [-0.4, -0.2) is 41.7 Å². The minimum atomic E-state index is -0.249. The van der Waals surface area contributed by atoms with Crippen molar-refractivity contribution in [2.45, 2.75) is 13.5 Å². The molecular formula is C21H21ClN6O3. The molecule has 160 valence electrons. The molecule has 31 heavy (non-hydrogen) atoms. The van der Waals surface area contributed by atoms with Gasteiger partial charge in [-0.3, -0.25) is 14.8 Å². The van der Waals surface area contributed by atoms with E-state index in [1.165, 1.54) is 7.11 Å². The van der Waals surface area contributed by atoms with Gasteiger partial charge in [0, 0.05) is 48.5 Å². The van der Waals surface area contributed by atoms with Gasteiger partial charge >= 0.3 is 6.03 Å². The number of anilines is 4. The number of methoxy groups -OCH3 is 2. The van der Waals surface area contributed by atoms with Crippen LogP contribution in [0.1, 0.15) is 12.5 Å². The fourth-order valence-corrected chi connectivity index (χ4v) is 3.62. The Balaban J connectivity index is 1.72. The molecule has 0 fully saturated rings. The molecule has 1 N–H and O–H groups in total. The largest absolute Gasteiger partial charge is 0.497 e. The molecule has 1 aliphatic heterocycles. The van der Waals surface area contributed by atoms with Crippen molar-refractivity contribution >= 4 is 40.8 Å². The number of hydrogen-bond donors (Lipinski definition) is 1. The third kappa shape index (κ3) is 3.91. The van der Waals surface area contributed by atoms with Gasteiger partial charge < -0.3 is 14.8 Å². The van der Waals surface area contributed by atoms with E-state index < -0.39 is 0 Å². The summed E-state index contributed by atoms with van der Waals surface area (Å²) in [7, 11) is 3.06. The summed E-state index contributed by atoms with van der Waals surface area (Å²) in [5.41, 5.74) is 2.09. The second-order valence-corrected chi connectivity index (χ2v) is 7.06. The number of hydrogen-bond acceptors (Lipinski definition) is 7. The number of aromatic nitrogens is 3. The molecular weight excluding hydrogens is 420 g/mol. The maximum Gasteiger partial charge on any atom is 0.330 e. The minimum Gasteiger partial charge on any atom is -0.497 e. The van der Waals surface area contributed by atoms with Crippen LogP contribution in [0, 0.1) is 0 Å². The highest BCUT2D eigenvalue weighted by Crippen LogP contribution is 2.41. The third-order valence-electron chi connectivity index (χ3n) is 4.88. The van der Waals surface area contributed by atoms with Crippen LogP contribution < -0.4 is 24.6 Å². The van der Waals surface area contributed by atoms with Crippen molar-refractivity contribution in [3.05, 3.63) is 53.4 Å². The normalized spacial score (nSPS) is 13.1. The van der Waals surface area contributed by atoms with Gasteiger partial charge in [0.2, 0.25) is 5.95 Å². The van der Waals surface area contributed by atoms with Gasteiger partial charge in [0.1, 0.15) is 22.3 Å². The van der Waals surface area contributed by atoms with Gasteiger partial charge in [0.25, 0.3) is 0 Å². The van der Waals surface area contributed by atoms with E-state index in [4.69, 9.17) is 21.1 Å². The number of nitrogens with zero attached hydrogens (tertiary/aromatic N) is 5. The van der Waals surface area contributed by atoms with Crippen molar-refractivity contribution in [2.75, 3.05) is 35.9 Å². The van der Waals surface area contributed by atoms with Crippen molar-refractivity contribution in [1.82, 2.24) is 15.0 Å². The number of carbonyl (C=O) groups excluding carboxylic acids is 1. The molecule has 0 saturated carbocycles. The quantitative estimate of drug-likeness (QED) is 0.612. The molecule has 1 aliphatic rings. The number of benzene rings is 1. The summed E-state index contributed by atoms with van der Waals surface area (Å²) in [5.74, 6) is 1.91. The van der Waals surface area contributed by atoms with Crippen molar-refractivity contribution < 1.29 is 14.3 Å². The first-order valence-corrected chi connectivity index (χ1v) is 9.97. The maximum atomic E-state index is 13.4. The molecule has 3 aromatic rings. The van der Waals surface area contributed by atoms with E-state index >= 15 is 0 Å². The van der Waals surface area contributed by atoms with E-state index in [-0.39, 0.29) is 12.6 Å². The van der Waals surface area contributed by atoms with E-state index in [2.05, 4.69) is 20.3 Å². The summed E-state index contributed by atoms with van der Waals surface area (Å²) >= 11 is 6.53. The topological polar surface area (TPSA) is 92.7 Å². The zero-order chi connectivity index (χ0) is 22.0. The predicted octanol–water partition coefficient (Wildman–Crippen LogP) is 4.25. The molecule has 2 aromatic heterocycles. The lowest BCUT2D eigenvalue weighted by Gasteiger charge is -2.36. The number of pyridine rings is 1.